The van der Waals surface area contributed by atoms with Crippen LogP contribution in [0.1, 0.15) is 24.6 Å². The Labute approximate surface area is 188 Å². The summed E-state index contributed by atoms with van der Waals surface area (Å²) in [6.07, 6.45) is 1.49. The summed E-state index contributed by atoms with van der Waals surface area (Å²) in [6.45, 7) is 1.71. The van der Waals surface area contributed by atoms with Crippen molar-refractivity contribution >= 4 is 36.9 Å². The molecule has 0 aliphatic rings. The topological polar surface area (TPSA) is 85.4 Å². The fraction of sp³-hybridized carbons (Fsp3) is 0.182. The van der Waals surface area contributed by atoms with Crippen molar-refractivity contribution < 1.29 is 12.8 Å². The van der Waals surface area contributed by atoms with Crippen molar-refractivity contribution in [1.29, 1.82) is 0 Å². The minimum absolute atomic E-state index is 0.00470. The first-order valence-electron chi connectivity index (χ1n) is 9.54. The summed E-state index contributed by atoms with van der Waals surface area (Å²) in [4.78, 5) is 17.6. The average molecular weight is 502 g/mol. The average Bonchev–Trinajstić information content (AvgIpc) is 3.28. The molecule has 0 saturated heterocycles. The molecule has 2 aromatic carbocycles. The third-order valence-electron chi connectivity index (χ3n) is 5.14. The van der Waals surface area contributed by atoms with Crippen molar-refractivity contribution in [2.45, 2.75) is 24.4 Å². The Morgan fingerprint density at radius 1 is 1.10 bits per heavy atom. The van der Waals surface area contributed by atoms with Crippen LogP contribution in [-0.2, 0) is 23.6 Å². The van der Waals surface area contributed by atoms with E-state index < -0.39 is 16.1 Å². The standard InChI is InChI=1S/C22H20BrN3O4S/c1-15(21-24-20-8-4-3-7-19(20)22(27)25(21)2)26(14-17-6-5-13-30-17)31(28,29)18-11-9-16(23)10-12-18/h3-13,15H,14H2,1-2H3. The van der Waals surface area contributed by atoms with Crippen molar-refractivity contribution in [1.82, 2.24) is 13.9 Å². The molecular formula is C22H20BrN3O4S. The summed E-state index contributed by atoms with van der Waals surface area (Å²) < 4.78 is 36.1. The minimum Gasteiger partial charge on any atom is -0.468 e. The molecule has 2 heterocycles. The number of halogens is 1. The summed E-state index contributed by atoms with van der Waals surface area (Å²) in [6, 6.07) is 16.1. The van der Waals surface area contributed by atoms with Gasteiger partial charge in [0.25, 0.3) is 5.56 Å². The number of nitrogens with zero attached hydrogens (tertiary/aromatic N) is 3. The van der Waals surface area contributed by atoms with E-state index in [0.717, 1.165) is 4.47 Å². The third kappa shape index (κ3) is 4.08. The van der Waals surface area contributed by atoms with Gasteiger partial charge in [0.05, 0.1) is 34.6 Å². The fourth-order valence-corrected chi connectivity index (χ4v) is 5.29. The number of para-hydroxylation sites is 1. The van der Waals surface area contributed by atoms with Gasteiger partial charge in [-0.3, -0.25) is 9.36 Å². The van der Waals surface area contributed by atoms with Gasteiger partial charge in [-0.05, 0) is 55.5 Å². The highest BCUT2D eigenvalue weighted by Crippen LogP contribution is 2.29. The van der Waals surface area contributed by atoms with Gasteiger partial charge in [-0.1, -0.05) is 28.1 Å². The van der Waals surface area contributed by atoms with E-state index in [2.05, 4.69) is 20.9 Å². The fourth-order valence-electron chi connectivity index (χ4n) is 3.47. The van der Waals surface area contributed by atoms with E-state index in [-0.39, 0.29) is 17.0 Å². The molecule has 0 aliphatic heterocycles. The van der Waals surface area contributed by atoms with Gasteiger partial charge in [-0.2, -0.15) is 4.31 Å². The third-order valence-corrected chi connectivity index (χ3v) is 7.59. The molecule has 0 radical (unpaired) electrons. The second-order valence-corrected chi connectivity index (χ2v) is 9.92. The minimum atomic E-state index is -3.93. The second-order valence-electron chi connectivity index (χ2n) is 7.11. The van der Waals surface area contributed by atoms with Crippen molar-refractivity contribution in [3.8, 4) is 0 Å². The Morgan fingerprint density at radius 2 is 1.81 bits per heavy atom. The maximum atomic E-state index is 13.6. The van der Waals surface area contributed by atoms with Crippen LogP contribution in [0.3, 0.4) is 0 Å². The molecule has 0 aliphatic carbocycles. The van der Waals surface area contributed by atoms with Crippen LogP contribution in [-0.4, -0.2) is 22.3 Å². The summed E-state index contributed by atoms with van der Waals surface area (Å²) in [5, 5.41) is 0.481. The zero-order valence-corrected chi connectivity index (χ0v) is 19.3. The van der Waals surface area contributed by atoms with Crippen molar-refractivity contribution in [3.05, 3.63) is 93.3 Å². The van der Waals surface area contributed by atoms with Crippen LogP contribution < -0.4 is 5.56 Å². The molecule has 4 rings (SSSR count). The molecule has 0 fully saturated rings. The first kappa shape index (κ1) is 21.5. The van der Waals surface area contributed by atoms with Crippen molar-refractivity contribution in [2.24, 2.45) is 7.05 Å². The van der Waals surface area contributed by atoms with Gasteiger partial charge in [-0.25, -0.2) is 13.4 Å². The quantitative estimate of drug-likeness (QED) is 0.394. The molecule has 0 spiro atoms. The number of aromatic nitrogens is 2. The van der Waals surface area contributed by atoms with Gasteiger partial charge in [0.2, 0.25) is 10.0 Å². The summed E-state index contributed by atoms with van der Waals surface area (Å²) >= 11 is 3.33. The van der Waals surface area contributed by atoms with Crippen molar-refractivity contribution in [3.63, 3.8) is 0 Å². The predicted octanol–water partition coefficient (Wildman–Crippen LogP) is 4.24. The van der Waals surface area contributed by atoms with Crippen LogP contribution in [0.4, 0.5) is 0 Å². The van der Waals surface area contributed by atoms with Crippen LogP contribution >= 0.6 is 15.9 Å². The van der Waals surface area contributed by atoms with Gasteiger partial charge in [-0.15, -0.1) is 0 Å². The zero-order chi connectivity index (χ0) is 22.2. The van der Waals surface area contributed by atoms with E-state index in [1.54, 1.807) is 62.5 Å². The van der Waals surface area contributed by atoms with Crippen LogP contribution in [0.25, 0.3) is 10.9 Å². The molecule has 31 heavy (non-hydrogen) atoms. The van der Waals surface area contributed by atoms with E-state index in [1.165, 1.54) is 27.3 Å². The molecule has 2 aromatic heterocycles. The Hall–Kier alpha value is -2.75. The number of hydrogen-bond acceptors (Lipinski definition) is 5. The predicted molar refractivity (Wildman–Crippen MR) is 121 cm³/mol. The van der Waals surface area contributed by atoms with E-state index in [9.17, 15) is 13.2 Å². The molecular weight excluding hydrogens is 482 g/mol. The maximum Gasteiger partial charge on any atom is 0.261 e. The smallest absolute Gasteiger partial charge is 0.261 e. The van der Waals surface area contributed by atoms with Gasteiger partial charge < -0.3 is 4.42 Å². The Morgan fingerprint density at radius 3 is 2.48 bits per heavy atom. The SMILES string of the molecule is CC(c1nc2ccccc2c(=O)n1C)N(Cc1ccco1)S(=O)(=O)c1ccc(Br)cc1. The Bertz CT molecular complexity index is 1380. The Balaban J connectivity index is 1.86. The summed E-state index contributed by atoms with van der Waals surface area (Å²) in [7, 11) is -2.32. The van der Waals surface area contributed by atoms with Gasteiger partial charge in [0, 0.05) is 11.5 Å². The second kappa shape index (κ2) is 8.41. The van der Waals surface area contributed by atoms with Gasteiger partial charge in [0.15, 0.2) is 0 Å². The summed E-state index contributed by atoms with van der Waals surface area (Å²) in [5.41, 5.74) is 0.290. The zero-order valence-electron chi connectivity index (χ0n) is 16.9. The number of rotatable bonds is 6. The van der Waals surface area contributed by atoms with Crippen LogP contribution in [0.5, 0.6) is 0 Å². The largest absolute Gasteiger partial charge is 0.468 e. The highest BCUT2D eigenvalue weighted by Gasteiger charge is 2.33. The van der Waals surface area contributed by atoms with E-state index >= 15 is 0 Å². The lowest BCUT2D eigenvalue weighted by Crippen LogP contribution is -2.36. The molecule has 0 N–H and O–H groups in total. The van der Waals surface area contributed by atoms with Gasteiger partial charge in [0.1, 0.15) is 11.6 Å². The monoisotopic (exact) mass is 501 g/mol. The summed E-state index contributed by atoms with van der Waals surface area (Å²) in [5.74, 6) is 0.828. The number of furan rings is 1. The Kier molecular flexibility index (Phi) is 5.83. The number of benzene rings is 2. The molecule has 9 heteroatoms. The molecule has 0 bridgehead atoms. The lowest BCUT2D eigenvalue weighted by molar-refractivity contribution is 0.293. The van der Waals surface area contributed by atoms with Crippen LogP contribution in [0.2, 0.25) is 0 Å². The van der Waals surface area contributed by atoms with E-state index in [0.29, 0.717) is 22.5 Å². The van der Waals surface area contributed by atoms with Crippen LogP contribution in [0, 0.1) is 0 Å². The van der Waals surface area contributed by atoms with E-state index in [1.807, 2.05) is 0 Å². The molecule has 1 atom stereocenters. The molecule has 0 saturated carbocycles. The number of sulfonamides is 1. The molecule has 160 valence electrons. The normalized spacial score (nSPS) is 13.0. The molecule has 4 aromatic rings. The van der Waals surface area contributed by atoms with Crippen LogP contribution in [0.15, 0.2) is 85.5 Å². The maximum absolute atomic E-state index is 13.6. The first-order valence-corrected chi connectivity index (χ1v) is 11.8. The molecule has 7 nitrogen and oxygen atoms in total. The lowest BCUT2D eigenvalue weighted by Gasteiger charge is -2.28. The van der Waals surface area contributed by atoms with E-state index in [4.69, 9.17) is 4.42 Å². The van der Waals surface area contributed by atoms with Gasteiger partial charge >= 0.3 is 0 Å². The first-order chi connectivity index (χ1) is 14.8. The molecule has 0 amide bonds. The highest BCUT2D eigenvalue weighted by molar-refractivity contribution is 9.10. The number of hydrogen-bond donors (Lipinski definition) is 0. The number of fused-ring (bicyclic) bond motifs is 1. The highest BCUT2D eigenvalue weighted by atomic mass is 79.9. The van der Waals surface area contributed by atoms with Crippen molar-refractivity contribution in [2.75, 3.05) is 0 Å². The lowest BCUT2D eigenvalue weighted by atomic mass is 10.2. The molecule has 1 unspecified atom stereocenters.